The molecule has 2 rings (SSSR count). The van der Waals surface area contributed by atoms with Crippen molar-refractivity contribution in [2.24, 2.45) is 0 Å². The minimum atomic E-state index is -1.78. The third-order valence-corrected chi connectivity index (χ3v) is 4.02. The normalized spacial score (nSPS) is 12.1. The maximum absolute atomic E-state index is 13.2. The highest BCUT2D eigenvalue weighted by molar-refractivity contribution is 7.84. The summed E-state index contributed by atoms with van der Waals surface area (Å²) in [7, 11) is -1.78. The summed E-state index contributed by atoms with van der Waals surface area (Å²) in [6, 6.07) is 6.29. The van der Waals surface area contributed by atoms with Gasteiger partial charge in [0.05, 0.1) is 21.5 Å². The Morgan fingerprint density at radius 3 is 2.48 bits per heavy atom. The molecule has 0 saturated carbocycles. The maximum Gasteiger partial charge on any atom is 0.273 e. The number of hydrogen-bond acceptors (Lipinski definition) is 4. The monoisotopic (exact) mass is 312 g/mol. The number of halogens is 2. The molecule has 0 aliphatic carbocycles. The molecule has 110 valence electrons. The van der Waals surface area contributed by atoms with Gasteiger partial charge in [-0.05, 0) is 30.3 Å². The van der Waals surface area contributed by atoms with E-state index < -0.39 is 27.4 Å². The number of benzene rings is 2. The Morgan fingerprint density at radius 2 is 1.86 bits per heavy atom. The number of nitrogens with zero attached hydrogens (tertiary/aromatic N) is 1. The lowest BCUT2D eigenvalue weighted by Crippen LogP contribution is -2.02. The highest BCUT2D eigenvalue weighted by Crippen LogP contribution is 2.24. The first-order valence-electron chi connectivity index (χ1n) is 5.74. The van der Waals surface area contributed by atoms with E-state index >= 15 is 0 Å². The lowest BCUT2D eigenvalue weighted by Gasteiger charge is -2.05. The van der Waals surface area contributed by atoms with Crippen molar-refractivity contribution in [1.82, 2.24) is 0 Å². The van der Waals surface area contributed by atoms with Gasteiger partial charge in [-0.15, -0.1) is 0 Å². The van der Waals surface area contributed by atoms with Crippen LogP contribution in [0, 0.1) is 21.7 Å². The van der Waals surface area contributed by atoms with Crippen LogP contribution in [-0.2, 0) is 16.6 Å². The summed E-state index contributed by atoms with van der Waals surface area (Å²) in [6.07, 6.45) is 0. The van der Waals surface area contributed by atoms with Gasteiger partial charge in [0.25, 0.3) is 5.69 Å². The fourth-order valence-corrected chi connectivity index (χ4v) is 2.98. The fourth-order valence-electron chi connectivity index (χ4n) is 1.79. The average Bonchev–Trinajstić information content (AvgIpc) is 2.37. The van der Waals surface area contributed by atoms with Gasteiger partial charge in [0.15, 0.2) is 0 Å². The van der Waals surface area contributed by atoms with Gasteiger partial charge in [0.1, 0.15) is 11.6 Å². The van der Waals surface area contributed by atoms with Crippen molar-refractivity contribution in [3.8, 4) is 0 Å². The molecule has 0 radical (unpaired) electrons. The van der Waals surface area contributed by atoms with Crippen LogP contribution < -0.4 is 5.73 Å². The molecule has 1 unspecified atom stereocenters. The first-order valence-corrected chi connectivity index (χ1v) is 7.06. The van der Waals surface area contributed by atoms with Crippen molar-refractivity contribution in [1.29, 1.82) is 0 Å². The van der Waals surface area contributed by atoms with Gasteiger partial charge in [0.2, 0.25) is 0 Å². The van der Waals surface area contributed by atoms with Crippen molar-refractivity contribution < 1.29 is 17.9 Å². The smallest absolute Gasteiger partial charge is 0.273 e. The van der Waals surface area contributed by atoms with Crippen LogP contribution in [0.15, 0.2) is 41.3 Å². The molecule has 0 bridgehead atoms. The van der Waals surface area contributed by atoms with Crippen molar-refractivity contribution in [2.45, 2.75) is 10.6 Å². The Balaban J connectivity index is 2.35. The van der Waals surface area contributed by atoms with Crippen LogP contribution in [0.2, 0.25) is 0 Å². The Hall–Kier alpha value is -2.35. The number of nitrogen functional groups attached to an aromatic ring is 1. The largest absolute Gasteiger partial charge is 0.399 e. The maximum atomic E-state index is 13.2. The SMILES string of the molecule is Nc1cc(F)cc(S(=O)Cc2cc(F)ccc2[N+](=O)[O-])c1. The molecule has 2 aromatic rings. The average molecular weight is 312 g/mol. The molecule has 2 N–H and O–H groups in total. The third kappa shape index (κ3) is 3.60. The first kappa shape index (κ1) is 15.0. The van der Waals surface area contributed by atoms with Crippen molar-refractivity contribution in [3.05, 3.63) is 63.7 Å². The van der Waals surface area contributed by atoms with E-state index in [1.807, 2.05) is 0 Å². The molecule has 1 atom stereocenters. The second kappa shape index (κ2) is 5.96. The van der Waals surface area contributed by atoms with Crippen LogP contribution in [0.3, 0.4) is 0 Å². The summed E-state index contributed by atoms with van der Waals surface area (Å²) >= 11 is 0. The van der Waals surface area contributed by atoms with Crippen molar-refractivity contribution >= 4 is 22.2 Å². The molecule has 0 spiro atoms. The summed E-state index contributed by atoms with van der Waals surface area (Å²) in [5, 5.41) is 10.9. The second-order valence-electron chi connectivity index (χ2n) is 4.24. The fraction of sp³-hybridized carbons (Fsp3) is 0.0769. The van der Waals surface area contributed by atoms with Crippen LogP contribution in [0.4, 0.5) is 20.2 Å². The zero-order valence-electron chi connectivity index (χ0n) is 10.6. The minimum Gasteiger partial charge on any atom is -0.399 e. The lowest BCUT2D eigenvalue weighted by atomic mass is 10.2. The Kier molecular flexibility index (Phi) is 4.27. The molecule has 0 aromatic heterocycles. The standard InChI is InChI=1S/C13H10F2N2O3S/c14-9-1-2-13(17(18)19)8(3-9)7-21(20)12-5-10(15)4-11(16)6-12/h1-6H,7,16H2. The van der Waals surface area contributed by atoms with Gasteiger partial charge in [0, 0.05) is 22.2 Å². The quantitative estimate of drug-likeness (QED) is 0.534. The highest BCUT2D eigenvalue weighted by Gasteiger charge is 2.18. The first-order chi connectivity index (χ1) is 9.86. The van der Waals surface area contributed by atoms with Gasteiger partial charge < -0.3 is 5.73 Å². The number of rotatable bonds is 4. The van der Waals surface area contributed by atoms with Gasteiger partial charge in [-0.2, -0.15) is 0 Å². The van der Waals surface area contributed by atoms with E-state index in [-0.39, 0.29) is 27.6 Å². The molecule has 0 aliphatic heterocycles. The van der Waals surface area contributed by atoms with Crippen LogP contribution >= 0.6 is 0 Å². The summed E-state index contributed by atoms with van der Waals surface area (Å²) in [5.41, 5.74) is 5.17. The van der Waals surface area contributed by atoms with Crippen LogP contribution in [0.5, 0.6) is 0 Å². The molecule has 2 aromatic carbocycles. The molecule has 0 aliphatic rings. The predicted octanol–water partition coefficient (Wildman–Crippen LogP) is 2.76. The molecule has 21 heavy (non-hydrogen) atoms. The van der Waals surface area contributed by atoms with Crippen LogP contribution in [0.25, 0.3) is 0 Å². The van der Waals surface area contributed by atoms with E-state index in [9.17, 15) is 23.1 Å². The number of nitro benzene ring substituents is 1. The van der Waals surface area contributed by atoms with E-state index in [0.29, 0.717) is 0 Å². The Bertz CT molecular complexity index is 717. The molecule has 5 nitrogen and oxygen atoms in total. The number of hydrogen-bond donors (Lipinski definition) is 1. The van der Waals surface area contributed by atoms with Crippen LogP contribution in [-0.4, -0.2) is 9.13 Å². The van der Waals surface area contributed by atoms with Crippen molar-refractivity contribution in [3.63, 3.8) is 0 Å². The van der Waals surface area contributed by atoms with E-state index in [1.165, 1.54) is 6.07 Å². The van der Waals surface area contributed by atoms with Crippen LogP contribution in [0.1, 0.15) is 5.56 Å². The third-order valence-electron chi connectivity index (χ3n) is 2.68. The summed E-state index contributed by atoms with van der Waals surface area (Å²) in [6.45, 7) is 0. The molecule has 0 heterocycles. The highest BCUT2D eigenvalue weighted by atomic mass is 32.2. The summed E-state index contributed by atoms with van der Waals surface area (Å²) in [5.74, 6) is -1.64. The minimum absolute atomic E-state index is 0.0267. The lowest BCUT2D eigenvalue weighted by molar-refractivity contribution is -0.385. The van der Waals surface area contributed by atoms with Gasteiger partial charge in [-0.3, -0.25) is 14.3 Å². The molecule has 8 heteroatoms. The van der Waals surface area contributed by atoms with Gasteiger partial charge in [-0.1, -0.05) is 0 Å². The van der Waals surface area contributed by atoms with Gasteiger partial charge in [-0.25, -0.2) is 8.78 Å². The Labute approximate surface area is 121 Å². The molecule has 0 saturated heterocycles. The second-order valence-corrected chi connectivity index (χ2v) is 5.69. The van der Waals surface area contributed by atoms with Crippen molar-refractivity contribution in [2.75, 3.05) is 5.73 Å². The van der Waals surface area contributed by atoms with E-state index in [4.69, 9.17) is 5.73 Å². The zero-order valence-corrected chi connectivity index (χ0v) is 11.4. The topological polar surface area (TPSA) is 86.2 Å². The molecule has 0 amide bonds. The van der Waals surface area contributed by atoms with E-state index in [0.717, 1.165) is 30.3 Å². The number of anilines is 1. The molecular weight excluding hydrogens is 302 g/mol. The summed E-state index contributed by atoms with van der Waals surface area (Å²) in [4.78, 5) is 10.3. The summed E-state index contributed by atoms with van der Waals surface area (Å²) < 4.78 is 38.6. The predicted molar refractivity (Wildman–Crippen MR) is 74.0 cm³/mol. The molecule has 0 fully saturated rings. The van der Waals surface area contributed by atoms with E-state index in [2.05, 4.69) is 0 Å². The van der Waals surface area contributed by atoms with E-state index in [1.54, 1.807) is 0 Å². The zero-order chi connectivity index (χ0) is 15.6. The number of nitro groups is 1. The Morgan fingerprint density at radius 1 is 1.14 bits per heavy atom. The van der Waals surface area contributed by atoms with Gasteiger partial charge >= 0.3 is 0 Å². The number of nitrogens with two attached hydrogens (primary N) is 1. The molecular formula is C13H10F2N2O3S.